The van der Waals surface area contributed by atoms with E-state index < -0.39 is 6.04 Å². The number of rotatable bonds is 6. The van der Waals surface area contributed by atoms with Crippen LogP contribution in [-0.4, -0.2) is 23.9 Å². The van der Waals surface area contributed by atoms with Crippen molar-refractivity contribution in [3.8, 4) is 0 Å². The molecule has 0 saturated carbocycles. The Balaban J connectivity index is 1.98. The average molecular weight is 282 g/mol. The molecule has 0 fully saturated rings. The normalized spacial score (nSPS) is 11.9. The van der Waals surface area contributed by atoms with Crippen LogP contribution in [0.25, 0.3) is 0 Å². The number of carbonyl (C=O) groups is 1. The molecule has 1 unspecified atom stereocenters. The highest BCUT2D eigenvalue weighted by Gasteiger charge is 2.20. The predicted octanol–water partition coefficient (Wildman–Crippen LogP) is 2.78. The molecule has 0 heterocycles. The average Bonchev–Trinajstić information content (AvgIpc) is 2.56. The third-order valence-corrected chi connectivity index (χ3v) is 3.63. The van der Waals surface area contributed by atoms with Crippen molar-refractivity contribution in [2.24, 2.45) is 5.73 Å². The maximum Gasteiger partial charge on any atom is 0.244 e. The van der Waals surface area contributed by atoms with E-state index in [0.717, 1.165) is 12.0 Å². The van der Waals surface area contributed by atoms with Crippen molar-refractivity contribution in [2.45, 2.75) is 19.4 Å². The van der Waals surface area contributed by atoms with Crippen LogP contribution in [0.3, 0.4) is 0 Å². The van der Waals surface area contributed by atoms with E-state index in [1.54, 1.807) is 0 Å². The van der Waals surface area contributed by atoms with Gasteiger partial charge in [0.1, 0.15) is 6.04 Å². The van der Waals surface area contributed by atoms with E-state index in [-0.39, 0.29) is 5.91 Å². The van der Waals surface area contributed by atoms with Crippen LogP contribution < -0.4 is 5.73 Å². The molecule has 1 atom stereocenters. The van der Waals surface area contributed by atoms with Gasteiger partial charge < -0.3 is 10.6 Å². The number of hydrogen-bond acceptors (Lipinski definition) is 2. The summed E-state index contributed by atoms with van der Waals surface area (Å²) in [6.07, 6.45) is 0.849. The maximum absolute atomic E-state index is 12.5. The third-order valence-electron chi connectivity index (χ3n) is 3.63. The van der Waals surface area contributed by atoms with E-state index in [2.05, 4.69) is 12.1 Å². The minimum absolute atomic E-state index is 0.0142. The Labute approximate surface area is 126 Å². The molecule has 0 spiro atoms. The first kappa shape index (κ1) is 15.3. The fourth-order valence-electron chi connectivity index (χ4n) is 2.33. The second kappa shape index (κ2) is 7.60. The molecule has 0 aliphatic heterocycles. The molecule has 0 aromatic heterocycles. The molecule has 21 heavy (non-hydrogen) atoms. The fraction of sp³-hybridized carbons (Fsp3) is 0.278. The molecule has 2 aromatic rings. The van der Waals surface area contributed by atoms with E-state index in [1.165, 1.54) is 5.56 Å². The molecule has 2 rings (SSSR count). The summed E-state index contributed by atoms with van der Waals surface area (Å²) in [5, 5.41) is 0. The summed E-state index contributed by atoms with van der Waals surface area (Å²) in [6, 6.07) is 19.1. The van der Waals surface area contributed by atoms with Gasteiger partial charge in [0, 0.05) is 13.1 Å². The predicted molar refractivity (Wildman–Crippen MR) is 85.8 cm³/mol. The van der Waals surface area contributed by atoms with Gasteiger partial charge in [0.05, 0.1) is 0 Å². The number of benzene rings is 2. The van der Waals surface area contributed by atoms with Gasteiger partial charge in [-0.3, -0.25) is 4.79 Å². The van der Waals surface area contributed by atoms with Gasteiger partial charge in [-0.25, -0.2) is 0 Å². The van der Waals surface area contributed by atoms with Crippen LogP contribution in [0.2, 0.25) is 0 Å². The summed E-state index contributed by atoms with van der Waals surface area (Å²) >= 11 is 0. The largest absolute Gasteiger partial charge is 0.341 e. The zero-order chi connectivity index (χ0) is 15.1. The molecule has 2 aromatic carbocycles. The minimum atomic E-state index is -0.582. The minimum Gasteiger partial charge on any atom is -0.341 e. The molecular weight excluding hydrogens is 260 g/mol. The molecule has 0 radical (unpaired) electrons. The topological polar surface area (TPSA) is 46.3 Å². The van der Waals surface area contributed by atoms with Crippen LogP contribution in [0, 0.1) is 0 Å². The second-order valence-electron chi connectivity index (χ2n) is 5.04. The summed E-state index contributed by atoms with van der Waals surface area (Å²) < 4.78 is 0. The first-order valence-corrected chi connectivity index (χ1v) is 7.35. The SMILES string of the molecule is CCN(CCc1ccccc1)C(=O)C(N)c1ccccc1. The monoisotopic (exact) mass is 282 g/mol. The summed E-state index contributed by atoms with van der Waals surface area (Å²) in [5.74, 6) is -0.0142. The van der Waals surface area contributed by atoms with Gasteiger partial charge >= 0.3 is 0 Å². The number of likely N-dealkylation sites (N-methyl/N-ethyl adjacent to an activating group) is 1. The zero-order valence-corrected chi connectivity index (χ0v) is 12.4. The number of nitrogens with zero attached hydrogens (tertiary/aromatic N) is 1. The Bertz CT molecular complexity index is 554. The Morgan fingerprint density at radius 3 is 2.19 bits per heavy atom. The van der Waals surface area contributed by atoms with Crippen molar-refractivity contribution in [3.63, 3.8) is 0 Å². The Morgan fingerprint density at radius 1 is 1.05 bits per heavy atom. The maximum atomic E-state index is 12.5. The highest BCUT2D eigenvalue weighted by molar-refractivity contribution is 5.83. The molecule has 110 valence electrons. The second-order valence-corrected chi connectivity index (χ2v) is 5.04. The highest BCUT2D eigenvalue weighted by Crippen LogP contribution is 2.13. The first-order chi connectivity index (χ1) is 10.2. The van der Waals surface area contributed by atoms with Crippen molar-refractivity contribution in [2.75, 3.05) is 13.1 Å². The van der Waals surface area contributed by atoms with Crippen molar-refractivity contribution in [1.29, 1.82) is 0 Å². The lowest BCUT2D eigenvalue weighted by molar-refractivity contribution is -0.132. The molecule has 0 saturated heterocycles. The van der Waals surface area contributed by atoms with Crippen molar-refractivity contribution >= 4 is 5.91 Å². The summed E-state index contributed by atoms with van der Waals surface area (Å²) in [5.41, 5.74) is 8.19. The first-order valence-electron chi connectivity index (χ1n) is 7.35. The van der Waals surface area contributed by atoms with Gasteiger partial charge in [0.25, 0.3) is 0 Å². The van der Waals surface area contributed by atoms with Gasteiger partial charge in [-0.2, -0.15) is 0 Å². The summed E-state index contributed by atoms with van der Waals surface area (Å²) in [7, 11) is 0. The van der Waals surface area contributed by atoms with Crippen LogP contribution in [0.1, 0.15) is 24.1 Å². The smallest absolute Gasteiger partial charge is 0.244 e. The molecule has 3 nitrogen and oxygen atoms in total. The molecule has 0 aliphatic carbocycles. The van der Waals surface area contributed by atoms with Crippen LogP contribution in [0.4, 0.5) is 0 Å². The van der Waals surface area contributed by atoms with Crippen LogP contribution in [0.5, 0.6) is 0 Å². The van der Waals surface area contributed by atoms with E-state index in [0.29, 0.717) is 13.1 Å². The Morgan fingerprint density at radius 2 is 1.62 bits per heavy atom. The molecule has 2 N–H and O–H groups in total. The molecule has 0 bridgehead atoms. The zero-order valence-electron chi connectivity index (χ0n) is 12.4. The highest BCUT2D eigenvalue weighted by atomic mass is 16.2. The van der Waals surface area contributed by atoms with Gasteiger partial charge in [-0.1, -0.05) is 60.7 Å². The van der Waals surface area contributed by atoms with E-state index in [1.807, 2.05) is 60.4 Å². The quantitative estimate of drug-likeness (QED) is 0.885. The van der Waals surface area contributed by atoms with Gasteiger partial charge in [0.15, 0.2) is 0 Å². The molecule has 1 amide bonds. The van der Waals surface area contributed by atoms with Crippen LogP contribution in [0.15, 0.2) is 60.7 Å². The van der Waals surface area contributed by atoms with E-state index >= 15 is 0 Å². The van der Waals surface area contributed by atoms with E-state index in [4.69, 9.17) is 5.73 Å². The molecule has 0 aliphatic rings. The van der Waals surface area contributed by atoms with Crippen molar-refractivity contribution < 1.29 is 4.79 Å². The van der Waals surface area contributed by atoms with Crippen LogP contribution >= 0.6 is 0 Å². The van der Waals surface area contributed by atoms with Crippen molar-refractivity contribution in [1.82, 2.24) is 4.90 Å². The Hall–Kier alpha value is -2.13. The molecule has 3 heteroatoms. The number of carbonyl (C=O) groups excluding carboxylic acids is 1. The lowest BCUT2D eigenvalue weighted by Gasteiger charge is -2.24. The lowest BCUT2D eigenvalue weighted by Crippen LogP contribution is -2.39. The van der Waals surface area contributed by atoms with Gasteiger partial charge in [0.2, 0.25) is 5.91 Å². The Kier molecular flexibility index (Phi) is 5.52. The van der Waals surface area contributed by atoms with E-state index in [9.17, 15) is 4.79 Å². The van der Waals surface area contributed by atoms with Crippen molar-refractivity contribution in [3.05, 3.63) is 71.8 Å². The summed E-state index contributed by atoms with van der Waals surface area (Å²) in [4.78, 5) is 14.3. The van der Waals surface area contributed by atoms with Gasteiger partial charge in [-0.15, -0.1) is 0 Å². The lowest BCUT2D eigenvalue weighted by atomic mass is 10.1. The molecular formula is C18H22N2O. The van der Waals surface area contributed by atoms with Crippen LogP contribution in [-0.2, 0) is 11.2 Å². The van der Waals surface area contributed by atoms with Gasteiger partial charge in [-0.05, 0) is 24.5 Å². The number of hydrogen-bond donors (Lipinski definition) is 1. The fourth-order valence-corrected chi connectivity index (χ4v) is 2.33. The third kappa shape index (κ3) is 4.17. The number of nitrogens with two attached hydrogens (primary N) is 1. The summed E-state index contributed by atoms with van der Waals surface area (Å²) in [6.45, 7) is 3.35. The number of amides is 1. The standard InChI is InChI=1S/C18H22N2O/c1-2-20(14-13-15-9-5-3-6-10-15)18(21)17(19)16-11-7-4-8-12-16/h3-12,17H,2,13-14,19H2,1H3.